The van der Waals surface area contributed by atoms with Crippen LogP contribution >= 0.6 is 0 Å². The van der Waals surface area contributed by atoms with Crippen LogP contribution in [0.4, 0.5) is 0 Å². The number of benzene rings is 2. The summed E-state index contributed by atoms with van der Waals surface area (Å²) in [7, 11) is 0. The molecule has 1 N–H and O–H groups in total. The monoisotopic (exact) mass is 486 g/mol. The molecule has 1 aromatic heterocycles. The van der Waals surface area contributed by atoms with Gasteiger partial charge in [0.1, 0.15) is 5.69 Å². The Balaban J connectivity index is 1.49. The number of nitrogens with one attached hydrogen (secondary N) is 1. The Labute approximate surface area is 214 Å². The Morgan fingerprint density at radius 2 is 1.53 bits per heavy atom. The third kappa shape index (κ3) is 6.04. The molecule has 2 heterocycles. The summed E-state index contributed by atoms with van der Waals surface area (Å²) in [5, 5.41) is 8.05. The van der Waals surface area contributed by atoms with Crippen molar-refractivity contribution in [2.24, 2.45) is 5.92 Å². The van der Waals surface area contributed by atoms with Crippen molar-refractivity contribution in [2.45, 2.75) is 66.0 Å². The molecular formula is C30H38N4O2. The van der Waals surface area contributed by atoms with E-state index in [0.717, 1.165) is 36.8 Å². The first-order valence-electron chi connectivity index (χ1n) is 13.2. The minimum absolute atomic E-state index is 0.0505. The first kappa shape index (κ1) is 25.7. The molecule has 1 fully saturated rings. The zero-order valence-electron chi connectivity index (χ0n) is 22.0. The van der Waals surface area contributed by atoms with Gasteiger partial charge in [-0.3, -0.25) is 14.3 Å². The summed E-state index contributed by atoms with van der Waals surface area (Å²) < 4.78 is 1.85. The molecule has 1 saturated heterocycles. The van der Waals surface area contributed by atoms with E-state index >= 15 is 0 Å². The van der Waals surface area contributed by atoms with Crippen molar-refractivity contribution in [3.8, 4) is 11.3 Å². The quantitative estimate of drug-likeness (QED) is 0.465. The number of likely N-dealkylation sites (tertiary alicyclic amines) is 1. The van der Waals surface area contributed by atoms with Crippen LogP contribution in [-0.4, -0.2) is 45.6 Å². The Morgan fingerprint density at radius 1 is 0.944 bits per heavy atom. The molecule has 6 heteroatoms. The number of rotatable bonds is 8. The Kier molecular flexibility index (Phi) is 8.24. The van der Waals surface area contributed by atoms with E-state index in [9.17, 15) is 9.59 Å². The minimum Gasteiger partial charge on any atom is -0.349 e. The molecule has 0 atom stereocenters. The maximum atomic E-state index is 13.5. The van der Waals surface area contributed by atoms with Crippen LogP contribution < -0.4 is 5.32 Å². The van der Waals surface area contributed by atoms with Gasteiger partial charge in [0.05, 0.1) is 12.1 Å². The number of aryl methyl sites for hydroxylation is 2. The van der Waals surface area contributed by atoms with Crippen molar-refractivity contribution < 1.29 is 9.59 Å². The first-order valence-corrected chi connectivity index (χ1v) is 13.2. The van der Waals surface area contributed by atoms with Gasteiger partial charge in [-0.25, -0.2) is 0 Å². The van der Waals surface area contributed by atoms with E-state index in [2.05, 4.69) is 50.4 Å². The van der Waals surface area contributed by atoms with Gasteiger partial charge in [-0.1, -0.05) is 73.5 Å². The summed E-state index contributed by atoms with van der Waals surface area (Å²) in [5.41, 5.74) is 5.73. The van der Waals surface area contributed by atoms with Crippen molar-refractivity contribution >= 4 is 11.8 Å². The zero-order chi connectivity index (χ0) is 25.7. The van der Waals surface area contributed by atoms with Gasteiger partial charge in [-0.2, -0.15) is 5.10 Å². The largest absolute Gasteiger partial charge is 0.349 e. The van der Waals surface area contributed by atoms with Crippen molar-refractivity contribution in [3.63, 3.8) is 0 Å². The summed E-state index contributed by atoms with van der Waals surface area (Å²) in [6, 6.07) is 16.6. The fourth-order valence-corrected chi connectivity index (χ4v) is 4.88. The molecule has 36 heavy (non-hydrogen) atoms. The lowest BCUT2D eigenvalue weighted by atomic mass is 9.98. The Hall–Kier alpha value is -3.41. The lowest BCUT2D eigenvalue weighted by Gasteiger charge is -2.34. The molecular weight excluding hydrogens is 448 g/mol. The van der Waals surface area contributed by atoms with Gasteiger partial charge in [-0.05, 0) is 45.1 Å². The average Bonchev–Trinajstić information content (AvgIpc) is 3.31. The number of hydrogen-bond acceptors (Lipinski definition) is 3. The van der Waals surface area contributed by atoms with Crippen molar-refractivity contribution in [2.75, 3.05) is 13.1 Å². The summed E-state index contributed by atoms with van der Waals surface area (Å²) >= 11 is 0. The van der Waals surface area contributed by atoms with E-state index in [1.54, 1.807) is 0 Å². The molecule has 0 radical (unpaired) electrons. The number of amides is 2. The lowest BCUT2D eigenvalue weighted by molar-refractivity contribution is -0.136. The predicted molar refractivity (Wildman–Crippen MR) is 144 cm³/mol. The van der Waals surface area contributed by atoms with Crippen LogP contribution in [-0.2, 0) is 11.3 Å². The fourth-order valence-electron chi connectivity index (χ4n) is 4.88. The van der Waals surface area contributed by atoms with Gasteiger partial charge in [0.25, 0.3) is 5.91 Å². The molecule has 0 spiro atoms. The fraction of sp³-hybridized carbons (Fsp3) is 0.433. The predicted octanol–water partition coefficient (Wildman–Crippen LogP) is 5.37. The molecule has 0 saturated carbocycles. The molecule has 3 aromatic rings. The van der Waals surface area contributed by atoms with Gasteiger partial charge < -0.3 is 10.2 Å². The van der Waals surface area contributed by atoms with Crippen LogP contribution in [0.1, 0.15) is 66.6 Å². The van der Waals surface area contributed by atoms with Crippen LogP contribution in [0.2, 0.25) is 0 Å². The van der Waals surface area contributed by atoms with E-state index in [1.807, 2.05) is 47.0 Å². The lowest BCUT2D eigenvalue weighted by Crippen LogP contribution is -2.48. The molecule has 190 valence electrons. The van der Waals surface area contributed by atoms with Gasteiger partial charge in [0.15, 0.2) is 0 Å². The number of piperidine rings is 1. The highest BCUT2D eigenvalue weighted by Crippen LogP contribution is 2.24. The van der Waals surface area contributed by atoms with Crippen LogP contribution in [0.25, 0.3) is 11.3 Å². The molecule has 6 nitrogen and oxygen atoms in total. The van der Waals surface area contributed by atoms with Crippen LogP contribution in [0, 0.1) is 19.8 Å². The number of carbonyl (C=O) groups is 2. The summed E-state index contributed by atoms with van der Waals surface area (Å²) in [6.45, 7) is 10.3. The summed E-state index contributed by atoms with van der Waals surface area (Å²) in [6.07, 6.45) is 5.15. The molecule has 4 rings (SSSR count). The van der Waals surface area contributed by atoms with Crippen LogP contribution in [0.15, 0.2) is 54.7 Å². The third-order valence-corrected chi connectivity index (χ3v) is 7.27. The van der Waals surface area contributed by atoms with Crippen molar-refractivity contribution in [3.05, 3.63) is 77.0 Å². The number of hydrogen-bond donors (Lipinski definition) is 1. The highest BCUT2D eigenvalue weighted by atomic mass is 16.2. The molecule has 1 aliphatic rings. The standard InChI is InChI=1S/C30H38N4O2/c1-5-24(6-2)30(36)33-17-15-26(16-18-33)31-29(35)27-20-34(19-23-11-7-21(3)8-12-23)32-28(27)25-13-9-22(4)10-14-25/h7-14,20,24,26H,5-6,15-19H2,1-4H3,(H,31,35). The topological polar surface area (TPSA) is 67.2 Å². The zero-order valence-corrected chi connectivity index (χ0v) is 22.0. The van der Waals surface area contributed by atoms with Crippen LogP contribution in [0.3, 0.4) is 0 Å². The highest BCUT2D eigenvalue weighted by molar-refractivity contribution is 6.00. The van der Waals surface area contributed by atoms with Gasteiger partial charge in [-0.15, -0.1) is 0 Å². The molecule has 2 aromatic carbocycles. The molecule has 0 aliphatic carbocycles. The van der Waals surface area contributed by atoms with Gasteiger partial charge in [0.2, 0.25) is 5.91 Å². The second kappa shape index (κ2) is 11.5. The van der Waals surface area contributed by atoms with E-state index in [1.165, 1.54) is 11.1 Å². The third-order valence-electron chi connectivity index (χ3n) is 7.27. The maximum absolute atomic E-state index is 13.5. The molecule has 1 aliphatic heterocycles. The smallest absolute Gasteiger partial charge is 0.255 e. The number of aromatic nitrogens is 2. The molecule has 0 bridgehead atoms. The average molecular weight is 487 g/mol. The van der Waals surface area contributed by atoms with E-state index < -0.39 is 0 Å². The highest BCUT2D eigenvalue weighted by Gasteiger charge is 2.28. The maximum Gasteiger partial charge on any atom is 0.255 e. The second-order valence-electron chi connectivity index (χ2n) is 10.0. The van der Waals surface area contributed by atoms with Crippen molar-refractivity contribution in [1.82, 2.24) is 20.0 Å². The van der Waals surface area contributed by atoms with E-state index in [4.69, 9.17) is 5.10 Å². The molecule has 2 amide bonds. The van der Waals surface area contributed by atoms with E-state index in [-0.39, 0.29) is 23.8 Å². The van der Waals surface area contributed by atoms with E-state index in [0.29, 0.717) is 30.9 Å². The minimum atomic E-state index is -0.106. The summed E-state index contributed by atoms with van der Waals surface area (Å²) in [5.74, 6) is 0.252. The number of carbonyl (C=O) groups excluding carboxylic acids is 2. The van der Waals surface area contributed by atoms with Gasteiger partial charge >= 0.3 is 0 Å². The van der Waals surface area contributed by atoms with Gasteiger partial charge in [0, 0.05) is 36.8 Å². The molecule has 0 unspecified atom stereocenters. The first-order chi connectivity index (χ1) is 17.4. The SMILES string of the molecule is CCC(CC)C(=O)N1CCC(NC(=O)c2cn(Cc3ccc(C)cc3)nc2-c2ccc(C)cc2)CC1. The summed E-state index contributed by atoms with van der Waals surface area (Å²) in [4.78, 5) is 28.2. The Morgan fingerprint density at radius 3 is 2.11 bits per heavy atom. The number of nitrogens with zero attached hydrogens (tertiary/aromatic N) is 3. The Bertz CT molecular complexity index is 1170. The van der Waals surface area contributed by atoms with Crippen molar-refractivity contribution in [1.29, 1.82) is 0 Å². The normalized spacial score (nSPS) is 14.3. The van der Waals surface area contributed by atoms with Crippen LogP contribution in [0.5, 0.6) is 0 Å². The second-order valence-corrected chi connectivity index (χ2v) is 10.0.